The largest absolute Gasteiger partial charge is 0.411 e. The van der Waals surface area contributed by atoms with Crippen molar-refractivity contribution in [1.29, 1.82) is 0 Å². The van der Waals surface area contributed by atoms with Crippen molar-refractivity contribution < 1.29 is 9.21 Å². The van der Waals surface area contributed by atoms with Gasteiger partial charge in [0.15, 0.2) is 0 Å². The molecule has 0 aliphatic carbocycles. The highest BCUT2D eigenvalue weighted by atomic mass is 32.2. The predicted octanol–water partition coefficient (Wildman–Crippen LogP) is 4.53. The van der Waals surface area contributed by atoms with E-state index in [4.69, 9.17) is 4.42 Å². The van der Waals surface area contributed by atoms with Crippen molar-refractivity contribution in [2.24, 2.45) is 0 Å². The number of carbonyl (C=O) groups excluding carboxylic acids is 1. The average Bonchev–Trinajstić information content (AvgIpc) is 3.01. The van der Waals surface area contributed by atoms with E-state index in [1.165, 1.54) is 24.6 Å². The molecule has 25 heavy (non-hydrogen) atoms. The quantitative estimate of drug-likeness (QED) is 0.525. The molecule has 2 aromatic rings. The maximum Gasteiger partial charge on any atom is 0.277 e. The van der Waals surface area contributed by atoms with Crippen molar-refractivity contribution >= 4 is 17.7 Å². The molecule has 6 heteroatoms. The molecule has 0 spiro atoms. The number of hydrogen-bond acceptors (Lipinski definition) is 5. The lowest BCUT2D eigenvalue weighted by atomic mass is 10.1. The summed E-state index contributed by atoms with van der Waals surface area (Å²) < 4.78 is 5.68. The van der Waals surface area contributed by atoms with E-state index in [2.05, 4.69) is 28.5 Å². The Morgan fingerprint density at radius 2 is 1.92 bits per heavy atom. The fourth-order valence-electron chi connectivity index (χ4n) is 2.70. The molecule has 0 radical (unpaired) electrons. The lowest BCUT2D eigenvalue weighted by molar-refractivity contribution is -0.119. The summed E-state index contributed by atoms with van der Waals surface area (Å²) in [6, 6.07) is 6.33. The number of unbranched alkanes of at least 4 members (excludes halogenated alkanes) is 2. The van der Waals surface area contributed by atoms with Crippen molar-refractivity contribution in [3.8, 4) is 11.5 Å². The van der Waals surface area contributed by atoms with Gasteiger partial charge in [-0.2, -0.15) is 0 Å². The van der Waals surface area contributed by atoms with Crippen LogP contribution in [0.2, 0.25) is 0 Å². The molecule has 1 unspecified atom stereocenters. The second-order valence-corrected chi connectivity index (χ2v) is 7.43. The SMILES string of the molecule is CCCCCC(C)NC(=O)CSc1nnc(-c2cc(C)cc(C)c2)o1. The van der Waals surface area contributed by atoms with E-state index in [-0.39, 0.29) is 17.7 Å². The molecule has 1 heterocycles. The van der Waals surface area contributed by atoms with Crippen LogP contribution in [0.5, 0.6) is 0 Å². The van der Waals surface area contributed by atoms with Gasteiger partial charge in [0.25, 0.3) is 5.22 Å². The molecule has 1 aromatic heterocycles. The maximum atomic E-state index is 12.0. The molecular weight excluding hydrogens is 334 g/mol. The lowest BCUT2D eigenvalue weighted by Gasteiger charge is -2.12. The van der Waals surface area contributed by atoms with E-state index < -0.39 is 0 Å². The third-order valence-corrected chi connectivity index (χ3v) is 4.67. The predicted molar refractivity (Wildman–Crippen MR) is 102 cm³/mol. The first kappa shape index (κ1) is 19.5. The molecule has 1 amide bonds. The Balaban J connectivity index is 1.84. The average molecular weight is 362 g/mol. The Hall–Kier alpha value is -1.82. The molecular formula is C19H27N3O2S. The van der Waals surface area contributed by atoms with Crippen LogP contribution in [0.1, 0.15) is 50.7 Å². The Labute approximate surface area is 154 Å². The van der Waals surface area contributed by atoms with Crippen molar-refractivity contribution in [2.45, 2.75) is 64.6 Å². The third-order valence-electron chi connectivity index (χ3n) is 3.85. The molecule has 1 N–H and O–H groups in total. The van der Waals surface area contributed by atoms with Crippen molar-refractivity contribution in [3.63, 3.8) is 0 Å². The minimum Gasteiger partial charge on any atom is -0.411 e. The van der Waals surface area contributed by atoms with Gasteiger partial charge in [0.1, 0.15) is 0 Å². The number of nitrogens with zero attached hydrogens (tertiary/aromatic N) is 2. The zero-order valence-corrected chi connectivity index (χ0v) is 16.3. The number of hydrogen-bond donors (Lipinski definition) is 1. The number of rotatable bonds is 9. The summed E-state index contributed by atoms with van der Waals surface area (Å²) in [4.78, 5) is 12.0. The molecule has 136 valence electrons. The van der Waals surface area contributed by atoms with Crippen molar-refractivity contribution in [2.75, 3.05) is 5.75 Å². The lowest BCUT2D eigenvalue weighted by Crippen LogP contribution is -2.33. The molecule has 2 rings (SSSR count). The first-order valence-electron chi connectivity index (χ1n) is 8.82. The highest BCUT2D eigenvalue weighted by Gasteiger charge is 2.13. The van der Waals surface area contributed by atoms with Crippen LogP contribution in [-0.4, -0.2) is 27.9 Å². The molecule has 1 aromatic carbocycles. The molecule has 5 nitrogen and oxygen atoms in total. The fourth-order valence-corrected chi connectivity index (χ4v) is 3.27. The van der Waals surface area contributed by atoms with Gasteiger partial charge in [0, 0.05) is 11.6 Å². The van der Waals surface area contributed by atoms with Gasteiger partial charge < -0.3 is 9.73 Å². The molecule has 0 aliphatic rings. The second-order valence-electron chi connectivity index (χ2n) is 6.50. The van der Waals surface area contributed by atoms with Gasteiger partial charge in [-0.15, -0.1) is 10.2 Å². The monoisotopic (exact) mass is 361 g/mol. The highest BCUT2D eigenvalue weighted by molar-refractivity contribution is 7.99. The number of amides is 1. The van der Waals surface area contributed by atoms with Crippen LogP contribution in [0.3, 0.4) is 0 Å². The number of aromatic nitrogens is 2. The summed E-state index contributed by atoms with van der Waals surface area (Å²) in [5.41, 5.74) is 3.21. The number of carbonyl (C=O) groups is 1. The Bertz CT molecular complexity index is 679. The van der Waals surface area contributed by atoms with Crippen LogP contribution in [0, 0.1) is 13.8 Å². The van der Waals surface area contributed by atoms with Gasteiger partial charge in [-0.1, -0.05) is 55.1 Å². The molecule has 0 aliphatic heterocycles. The van der Waals surface area contributed by atoms with Crippen LogP contribution in [0.25, 0.3) is 11.5 Å². The number of benzene rings is 1. The summed E-state index contributed by atoms with van der Waals surface area (Å²) >= 11 is 1.27. The Morgan fingerprint density at radius 1 is 1.20 bits per heavy atom. The minimum absolute atomic E-state index is 0.000137. The van der Waals surface area contributed by atoms with E-state index in [0.717, 1.165) is 29.5 Å². The normalized spacial score (nSPS) is 12.2. The molecule has 0 fully saturated rings. The van der Waals surface area contributed by atoms with Crippen LogP contribution in [0.15, 0.2) is 27.8 Å². The topological polar surface area (TPSA) is 68.0 Å². The maximum absolute atomic E-state index is 12.0. The minimum atomic E-state index is 0.000137. The van der Waals surface area contributed by atoms with E-state index in [0.29, 0.717) is 11.1 Å². The molecule has 0 saturated carbocycles. The second kappa shape index (κ2) is 9.61. The van der Waals surface area contributed by atoms with Crippen LogP contribution < -0.4 is 5.32 Å². The van der Waals surface area contributed by atoms with E-state index in [1.807, 2.05) is 32.9 Å². The third kappa shape index (κ3) is 6.53. The molecule has 0 saturated heterocycles. The zero-order chi connectivity index (χ0) is 18.2. The number of aryl methyl sites for hydroxylation is 2. The number of thioether (sulfide) groups is 1. The summed E-state index contributed by atoms with van der Waals surface area (Å²) in [7, 11) is 0. The summed E-state index contributed by atoms with van der Waals surface area (Å²) in [6.07, 6.45) is 4.56. The van der Waals surface area contributed by atoms with Gasteiger partial charge in [-0.05, 0) is 39.3 Å². The van der Waals surface area contributed by atoms with Gasteiger partial charge >= 0.3 is 0 Å². The first-order valence-corrected chi connectivity index (χ1v) is 9.80. The van der Waals surface area contributed by atoms with Gasteiger partial charge in [0.2, 0.25) is 11.8 Å². The standard InChI is InChI=1S/C19H27N3O2S/c1-5-6-7-8-15(4)20-17(23)12-25-19-22-21-18(24-19)16-10-13(2)9-14(3)11-16/h9-11,15H,5-8,12H2,1-4H3,(H,20,23). The Kier molecular flexibility index (Phi) is 7.50. The highest BCUT2D eigenvalue weighted by Crippen LogP contribution is 2.24. The van der Waals surface area contributed by atoms with Crippen LogP contribution >= 0.6 is 11.8 Å². The van der Waals surface area contributed by atoms with Crippen LogP contribution in [-0.2, 0) is 4.79 Å². The number of nitrogens with one attached hydrogen (secondary N) is 1. The first-order chi connectivity index (χ1) is 12.0. The van der Waals surface area contributed by atoms with Gasteiger partial charge in [-0.25, -0.2) is 0 Å². The van der Waals surface area contributed by atoms with E-state index >= 15 is 0 Å². The molecule has 1 atom stereocenters. The van der Waals surface area contributed by atoms with Crippen molar-refractivity contribution in [3.05, 3.63) is 29.3 Å². The summed E-state index contributed by atoms with van der Waals surface area (Å²) in [5.74, 6) is 0.773. The van der Waals surface area contributed by atoms with Crippen molar-refractivity contribution in [1.82, 2.24) is 15.5 Å². The summed E-state index contributed by atoms with van der Waals surface area (Å²) in [6.45, 7) is 8.29. The Morgan fingerprint density at radius 3 is 2.60 bits per heavy atom. The van der Waals surface area contributed by atoms with Crippen LogP contribution in [0.4, 0.5) is 0 Å². The summed E-state index contributed by atoms with van der Waals surface area (Å²) in [5, 5.41) is 11.6. The van der Waals surface area contributed by atoms with E-state index in [1.54, 1.807) is 0 Å². The molecule has 0 bridgehead atoms. The fraction of sp³-hybridized carbons (Fsp3) is 0.526. The van der Waals surface area contributed by atoms with Gasteiger partial charge in [-0.3, -0.25) is 4.79 Å². The van der Waals surface area contributed by atoms with Gasteiger partial charge in [0.05, 0.1) is 5.75 Å². The smallest absolute Gasteiger partial charge is 0.277 e. The zero-order valence-electron chi connectivity index (χ0n) is 15.5. The van der Waals surface area contributed by atoms with E-state index in [9.17, 15) is 4.79 Å².